The van der Waals surface area contributed by atoms with Crippen LogP contribution in [0.3, 0.4) is 0 Å². The molecule has 0 saturated heterocycles. The van der Waals surface area contributed by atoms with Gasteiger partial charge >= 0.3 is 0 Å². The summed E-state index contributed by atoms with van der Waals surface area (Å²) in [5.41, 5.74) is 7.24. The van der Waals surface area contributed by atoms with Crippen LogP contribution in [0, 0.1) is 0 Å². The van der Waals surface area contributed by atoms with Crippen molar-refractivity contribution in [1.29, 1.82) is 0 Å². The van der Waals surface area contributed by atoms with E-state index in [1.807, 2.05) is 42.5 Å². The Labute approximate surface area is 197 Å². The Kier molecular flexibility index (Phi) is 8.55. The number of amides is 2. The molecule has 8 heteroatoms. The second-order valence-electron chi connectivity index (χ2n) is 6.80. The number of thiocarbonyl (C=S) groups is 1. The first-order valence-electron chi connectivity index (χ1n) is 10.0. The highest BCUT2D eigenvalue weighted by molar-refractivity contribution is 7.80. The smallest absolute Gasteiger partial charge is 0.269 e. The van der Waals surface area contributed by atoms with Crippen molar-refractivity contribution in [2.75, 3.05) is 7.11 Å². The van der Waals surface area contributed by atoms with Crippen LogP contribution in [0.1, 0.15) is 21.5 Å². The Morgan fingerprint density at radius 3 is 2.21 bits per heavy atom. The average Bonchev–Trinajstić information content (AvgIpc) is 2.86. The summed E-state index contributed by atoms with van der Waals surface area (Å²) in [6.07, 6.45) is 2.98. The van der Waals surface area contributed by atoms with Gasteiger partial charge in [0.2, 0.25) is 5.91 Å². The van der Waals surface area contributed by atoms with Crippen LogP contribution in [0.5, 0.6) is 11.5 Å². The third kappa shape index (κ3) is 7.79. The zero-order chi connectivity index (χ0) is 23.5. The van der Waals surface area contributed by atoms with Crippen molar-refractivity contribution >= 4 is 35.2 Å². The number of ether oxygens (including phenoxy) is 2. The van der Waals surface area contributed by atoms with E-state index in [1.54, 1.807) is 49.6 Å². The molecule has 0 bridgehead atoms. The lowest BCUT2D eigenvalue weighted by Gasteiger charge is -2.10. The topological polar surface area (TPSA) is 88.7 Å². The van der Waals surface area contributed by atoms with Gasteiger partial charge in [-0.25, -0.2) is 0 Å². The van der Waals surface area contributed by atoms with Crippen LogP contribution < -0.4 is 25.6 Å². The number of hydrazine groups is 1. The van der Waals surface area contributed by atoms with Gasteiger partial charge in [-0.3, -0.25) is 25.8 Å². The molecule has 0 saturated carbocycles. The van der Waals surface area contributed by atoms with Gasteiger partial charge < -0.3 is 9.47 Å². The average molecular weight is 462 g/mol. The van der Waals surface area contributed by atoms with Crippen LogP contribution in [0.15, 0.2) is 84.9 Å². The number of hydrogen-bond donors (Lipinski definition) is 3. The molecule has 0 heterocycles. The van der Waals surface area contributed by atoms with Gasteiger partial charge in [0.1, 0.15) is 18.1 Å². The van der Waals surface area contributed by atoms with E-state index >= 15 is 0 Å². The normalized spacial score (nSPS) is 10.3. The molecule has 7 nitrogen and oxygen atoms in total. The third-order valence-corrected chi connectivity index (χ3v) is 4.64. The lowest BCUT2D eigenvalue weighted by molar-refractivity contribution is -0.115. The molecule has 2 amide bonds. The maximum absolute atomic E-state index is 12.3. The summed E-state index contributed by atoms with van der Waals surface area (Å²) in [4.78, 5) is 24.3. The predicted molar refractivity (Wildman–Crippen MR) is 131 cm³/mol. The maximum Gasteiger partial charge on any atom is 0.269 e. The van der Waals surface area contributed by atoms with E-state index in [0.717, 1.165) is 16.9 Å². The highest BCUT2D eigenvalue weighted by Crippen LogP contribution is 2.14. The first-order valence-corrected chi connectivity index (χ1v) is 10.4. The van der Waals surface area contributed by atoms with Crippen LogP contribution in [0.4, 0.5) is 0 Å². The van der Waals surface area contributed by atoms with Gasteiger partial charge in [-0.2, -0.15) is 0 Å². The predicted octanol–water partition coefficient (Wildman–Crippen LogP) is 3.62. The molecule has 0 spiro atoms. The standard InChI is InChI=1S/C25H23N3O4S/c1-31-21-12-7-18(8-13-21)9-16-23(29)26-25(33)28-27-24(30)20-10-14-22(15-11-20)32-17-19-5-3-2-4-6-19/h2-16H,17H2,1H3,(H,27,30)(H2,26,28,29,33)/b16-9+. The van der Waals surface area contributed by atoms with E-state index in [0.29, 0.717) is 17.9 Å². The second kappa shape index (κ2) is 12.0. The zero-order valence-corrected chi connectivity index (χ0v) is 18.7. The number of rotatable bonds is 7. The second-order valence-corrected chi connectivity index (χ2v) is 7.21. The Balaban J connectivity index is 1.41. The van der Waals surface area contributed by atoms with E-state index in [2.05, 4.69) is 16.2 Å². The molecule has 0 fully saturated rings. The van der Waals surface area contributed by atoms with Gasteiger partial charge in [0.15, 0.2) is 5.11 Å². The number of carbonyl (C=O) groups is 2. The van der Waals surface area contributed by atoms with Crippen molar-refractivity contribution in [3.63, 3.8) is 0 Å². The van der Waals surface area contributed by atoms with Gasteiger partial charge in [0, 0.05) is 11.6 Å². The van der Waals surface area contributed by atoms with Gasteiger partial charge in [0.25, 0.3) is 5.91 Å². The zero-order valence-electron chi connectivity index (χ0n) is 17.9. The summed E-state index contributed by atoms with van der Waals surface area (Å²) in [7, 11) is 1.59. The molecule has 0 radical (unpaired) electrons. The lowest BCUT2D eigenvalue weighted by atomic mass is 10.2. The first kappa shape index (κ1) is 23.5. The molecule has 168 valence electrons. The number of benzene rings is 3. The Morgan fingerprint density at radius 2 is 1.55 bits per heavy atom. The SMILES string of the molecule is COc1ccc(/C=C/C(=O)NC(=S)NNC(=O)c2ccc(OCc3ccccc3)cc2)cc1. The molecule has 33 heavy (non-hydrogen) atoms. The van der Waals surface area contributed by atoms with E-state index < -0.39 is 11.8 Å². The molecule has 0 aliphatic carbocycles. The lowest BCUT2D eigenvalue weighted by Crippen LogP contribution is -2.48. The van der Waals surface area contributed by atoms with Crippen molar-refractivity contribution in [1.82, 2.24) is 16.2 Å². The molecule has 0 aromatic heterocycles. The van der Waals surface area contributed by atoms with Crippen LogP contribution in [0.25, 0.3) is 6.08 Å². The van der Waals surface area contributed by atoms with Crippen molar-refractivity contribution in [3.05, 3.63) is 102 Å². The molecular weight excluding hydrogens is 438 g/mol. The first-order chi connectivity index (χ1) is 16.0. The van der Waals surface area contributed by atoms with Crippen LogP contribution in [-0.2, 0) is 11.4 Å². The van der Waals surface area contributed by atoms with E-state index in [-0.39, 0.29) is 5.11 Å². The fourth-order valence-corrected chi connectivity index (χ4v) is 2.85. The van der Waals surface area contributed by atoms with Crippen LogP contribution in [0.2, 0.25) is 0 Å². The minimum atomic E-state index is -0.433. The molecule has 0 aliphatic rings. The summed E-state index contributed by atoms with van der Waals surface area (Å²) in [5, 5.41) is 2.42. The quantitative estimate of drug-likeness (QED) is 0.283. The van der Waals surface area contributed by atoms with Crippen molar-refractivity contribution < 1.29 is 19.1 Å². The van der Waals surface area contributed by atoms with E-state index in [4.69, 9.17) is 21.7 Å². The summed E-state index contributed by atoms with van der Waals surface area (Å²) in [5.74, 6) is 0.536. The number of hydrogen-bond acceptors (Lipinski definition) is 5. The van der Waals surface area contributed by atoms with E-state index in [9.17, 15) is 9.59 Å². The summed E-state index contributed by atoms with van der Waals surface area (Å²) in [6, 6.07) is 23.7. The van der Waals surface area contributed by atoms with Gasteiger partial charge in [-0.05, 0) is 65.8 Å². The molecule has 3 aromatic carbocycles. The molecule has 0 unspecified atom stereocenters. The number of methoxy groups -OCH3 is 1. The molecule has 0 atom stereocenters. The Hall–Kier alpha value is -4.17. The summed E-state index contributed by atoms with van der Waals surface area (Å²) >= 11 is 5.04. The minimum absolute atomic E-state index is 0.0319. The van der Waals surface area contributed by atoms with Crippen molar-refractivity contribution in [2.24, 2.45) is 0 Å². The van der Waals surface area contributed by atoms with Crippen molar-refractivity contribution in [2.45, 2.75) is 6.61 Å². The van der Waals surface area contributed by atoms with Gasteiger partial charge in [-0.15, -0.1) is 0 Å². The minimum Gasteiger partial charge on any atom is -0.497 e. The highest BCUT2D eigenvalue weighted by atomic mass is 32.1. The fraction of sp³-hybridized carbons (Fsp3) is 0.0800. The Morgan fingerprint density at radius 1 is 0.879 bits per heavy atom. The highest BCUT2D eigenvalue weighted by Gasteiger charge is 2.07. The van der Waals surface area contributed by atoms with Gasteiger partial charge in [0.05, 0.1) is 7.11 Å². The van der Waals surface area contributed by atoms with Crippen LogP contribution >= 0.6 is 12.2 Å². The van der Waals surface area contributed by atoms with Crippen LogP contribution in [-0.4, -0.2) is 24.0 Å². The van der Waals surface area contributed by atoms with Gasteiger partial charge in [-0.1, -0.05) is 42.5 Å². The molecule has 3 rings (SSSR count). The number of nitrogens with one attached hydrogen (secondary N) is 3. The molecule has 0 aliphatic heterocycles. The summed E-state index contributed by atoms with van der Waals surface area (Å²) in [6.45, 7) is 0.439. The third-order valence-electron chi connectivity index (χ3n) is 4.43. The van der Waals surface area contributed by atoms with E-state index in [1.165, 1.54) is 6.08 Å². The number of carbonyl (C=O) groups excluding carboxylic acids is 2. The monoisotopic (exact) mass is 461 g/mol. The largest absolute Gasteiger partial charge is 0.497 e. The summed E-state index contributed by atoms with van der Waals surface area (Å²) < 4.78 is 10.8. The molecule has 3 N–H and O–H groups in total. The molecule has 3 aromatic rings. The molecular formula is C25H23N3O4S. The van der Waals surface area contributed by atoms with Crippen molar-refractivity contribution in [3.8, 4) is 11.5 Å². The Bertz CT molecular complexity index is 1110. The fourth-order valence-electron chi connectivity index (χ4n) is 2.70. The maximum atomic E-state index is 12.3.